The smallest absolute Gasteiger partial charge is 0.241 e. The maximum atomic E-state index is 12.6. The molecule has 4 heteroatoms. The van der Waals surface area contributed by atoms with E-state index in [1.54, 1.807) is 4.90 Å². The van der Waals surface area contributed by atoms with Gasteiger partial charge in [0.25, 0.3) is 0 Å². The fourth-order valence-electron chi connectivity index (χ4n) is 3.84. The van der Waals surface area contributed by atoms with Crippen LogP contribution < -0.4 is 5.73 Å². The second-order valence-corrected chi connectivity index (χ2v) is 6.53. The molecule has 1 saturated heterocycles. The Morgan fingerprint density at radius 2 is 2.11 bits per heavy atom. The Bertz CT molecular complexity index is 408. The summed E-state index contributed by atoms with van der Waals surface area (Å²) in [6.45, 7) is 2.13. The van der Waals surface area contributed by atoms with Gasteiger partial charge in [0.1, 0.15) is 6.04 Å². The molecule has 0 aromatic rings. The molecule has 3 rings (SSSR count). The van der Waals surface area contributed by atoms with Gasteiger partial charge < -0.3 is 10.6 Å². The van der Waals surface area contributed by atoms with E-state index in [2.05, 4.69) is 13.0 Å². The first-order valence-electron chi connectivity index (χ1n) is 7.04. The summed E-state index contributed by atoms with van der Waals surface area (Å²) in [5, 5.41) is 9.15. The predicted octanol–water partition coefficient (Wildman–Crippen LogP) is 1.41. The van der Waals surface area contributed by atoms with Gasteiger partial charge in [0.05, 0.1) is 12.1 Å². The molecule has 1 amide bonds. The Kier molecular flexibility index (Phi) is 2.63. The van der Waals surface area contributed by atoms with Gasteiger partial charge >= 0.3 is 0 Å². The van der Waals surface area contributed by atoms with Gasteiger partial charge in [0.2, 0.25) is 5.91 Å². The number of rotatable bonds is 2. The number of piperidine rings is 1. The van der Waals surface area contributed by atoms with Crippen molar-refractivity contribution in [3.05, 3.63) is 0 Å². The van der Waals surface area contributed by atoms with Gasteiger partial charge in [-0.05, 0) is 37.0 Å². The van der Waals surface area contributed by atoms with Crippen molar-refractivity contribution in [3.8, 4) is 6.07 Å². The van der Waals surface area contributed by atoms with E-state index in [1.165, 1.54) is 12.8 Å². The highest BCUT2D eigenvalue weighted by molar-refractivity contribution is 5.84. The third-order valence-corrected chi connectivity index (χ3v) is 5.27. The van der Waals surface area contributed by atoms with E-state index in [1.807, 2.05) is 0 Å². The van der Waals surface area contributed by atoms with Gasteiger partial charge in [-0.1, -0.05) is 19.8 Å². The molecule has 0 radical (unpaired) electrons. The molecule has 18 heavy (non-hydrogen) atoms. The number of nitrogens with two attached hydrogens (primary N) is 1. The number of hydrogen-bond donors (Lipinski definition) is 1. The molecule has 0 spiro atoms. The number of amides is 1. The fourth-order valence-corrected chi connectivity index (χ4v) is 3.84. The summed E-state index contributed by atoms with van der Waals surface area (Å²) < 4.78 is 0. The second kappa shape index (κ2) is 3.96. The van der Waals surface area contributed by atoms with Gasteiger partial charge in [-0.15, -0.1) is 0 Å². The lowest BCUT2D eigenvalue weighted by molar-refractivity contribution is -0.136. The van der Waals surface area contributed by atoms with Crippen molar-refractivity contribution in [1.82, 2.24) is 4.90 Å². The fraction of sp³-hybridized carbons (Fsp3) is 0.857. The number of carbonyl (C=O) groups is 1. The molecule has 3 aliphatic rings. The number of carbonyl (C=O) groups excluding carboxylic acids is 1. The Morgan fingerprint density at radius 3 is 2.72 bits per heavy atom. The van der Waals surface area contributed by atoms with E-state index in [-0.39, 0.29) is 17.4 Å². The van der Waals surface area contributed by atoms with E-state index in [0.717, 1.165) is 25.7 Å². The summed E-state index contributed by atoms with van der Waals surface area (Å²) >= 11 is 0. The summed E-state index contributed by atoms with van der Waals surface area (Å²) in [6.07, 6.45) is 6.36. The average Bonchev–Trinajstić information content (AvgIpc) is 2.83. The van der Waals surface area contributed by atoms with Crippen molar-refractivity contribution in [1.29, 1.82) is 5.26 Å². The minimum atomic E-state index is -0.421. The van der Waals surface area contributed by atoms with Crippen LogP contribution in [0, 0.1) is 22.7 Å². The first-order valence-corrected chi connectivity index (χ1v) is 7.04. The summed E-state index contributed by atoms with van der Waals surface area (Å²) in [4.78, 5) is 14.4. The van der Waals surface area contributed by atoms with E-state index < -0.39 is 6.04 Å². The molecule has 0 aromatic heterocycles. The zero-order valence-corrected chi connectivity index (χ0v) is 10.9. The predicted molar refractivity (Wildman–Crippen MR) is 67.3 cm³/mol. The van der Waals surface area contributed by atoms with Crippen LogP contribution in [0.3, 0.4) is 0 Å². The number of likely N-dealkylation sites (tertiary alicyclic amines) is 1. The van der Waals surface area contributed by atoms with Crippen LogP contribution in [0.25, 0.3) is 0 Å². The normalized spacial score (nSPS) is 38.1. The zero-order chi connectivity index (χ0) is 12.9. The lowest BCUT2D eigenvalue weighted by atomic mass is 9.80. The zero-order valence-electron chi connectivity index (χ0n) is 10.9. The summed E-state index contributed by atoms with van der Waals surface area (Å²) in [5.74, 6) is 0.595. The molecule has 2 saturated carbocycles. The third-order valence-electron chi connectivity index (χ3n) is 5.27. The Balaban J connectivity index is 1.76. The molecule has 98 valence electrons. The van der Waals surface area contributed by atoms with Crippen LogP contribution in [0.2, 0.25) is 0 Å². The molecule has 1 aliphatic heterocycles. The number of nitriles is 1. The molecule has 4 nitrogen and oxygen atoms in total. The first kappa shape index (κ1) is 12.0. The van der Waals surface area contributed by atoms with E-state index >= 15 is 0 Å². The van der Waals surface area contributed by atoms with Crippen molar-refractivity contribution in [3.63, 3.8) is 0 Å². The van der Waals surface area contributed by atoms with Crippen molar-refractivity contribution < 1.29 is 4.79 Å². The van der Waals surface area contributed by atoms with Crippen molar-refractivity contribution in [2.75, 3.05) is 0 Å². The molecular weight excluding hydrogens is 226 g/mol. The van der Waals surface area contributed by atoms with Crippen LogP contribution >= 0.6 is 0 Å². The molecule has 2 aliphatic carbocycles. The average molecular weight is 247 g/mol. The van der Waals surface area contributed by atoms with E-state index in [0.29, 0.717) is 12.0 Å². The van der Waals surface area contributed by atoms with Gasteiger partial charge in [0.15, 0.2) is 0 Å². The molecule has 0 aromatic carbocycles. The van der Waals surface area contributed by atoms with Gasteiger partial charge in [-0.3, -0.25) is 4.79 Å². The van der Waals surface area contributed by atoms with Crippen LogP contribution in [-0.4, -0.2) is 28.9 Å². The minimum Gasteiger partial charge on any atom is -0.322 e. The van der Waals surface area contributed by atoms with Crippen LogP contribution in [0.5, 0.6) is 0 Å². The first-order chi connectivity index (χ1) is 8.57. The summed E-state index contributed by atoms with van der Waals surface area (Å²) in [5.41, 5.74) is 6.18. The quantitative estimate of drug-likeness (QED) is 0.802. The highest BCUT2D eigenvalue weighted by Gasteiger charge is 2.56. The molecular formula is C14H21N3O. The maximum Gasteiger partial charge on any atom is 0.241 e. The lowest BCUT2D eigenvalue weighted by Gasteiger charge is -2.34. The highest BCUT2D eigenvalue weighted by atomic mass is 16.2. The number of hydrogen-bond acceptors (Lipinski definition) is 3. The molecule has 4 atom stereocenters. The largest absolute Gasteiger partial charge is 0.322 e. The van der Waals surface area contributed by atoms with E-state index in [9.17, 15) is 4.79 Å². The maximum absolute atomic E-state index is 12.6. The lowest BCUT2D eigenvalue weighted by Crippen LogP contribution is -2.53. The Morgan fingerprint density at radius 1 is 1.44 bits per heavy atom. The molecule has 0 unspecified atom stereocenters. The van der Waals surface area contributed by atoms with Crippen LogP contribution in [-0.2, 0) is 4.79 Å². The summed E-state index contributed by atoms with van der Waals surface area (Å²) in [6, 6.07) is 1.94. The van der Waals surface area contributed by atoms with Crippen molar-refractivity contribution >= 4 is 5.91 Å². The van der Waals surface area contributed by atoms with Crippen molar-refractivity contribution in [2.24, 2.45) is 17.1 Å². The van der Waals surface area contributed by atoms with Crippen LogP contribution in [0.15, 0.2) is 0 Å². The van der Waals surface area contributed by atoms with Crippen LogP contribution in [0.1, 0.15) is 45.4 Å². The monoisotopic (exact) mass is 247 g/mol. The Labute approximate surface area is 108 Å². The summed E-state index contributed by atoms with van der Waals surface area (Å²) in [7, 11) is 0. The van der Waals surface area contributed by atoms with E-state index in [4.69, 9.17) is 11.0 Å². The van der Waals surface area contributed by atoms with Crippen LogP contribution in [0.4, 0.5) is 0 Å². The molecule has 3 fully saturated rings. The third kappa shape index (κ3) is 1.65. The van der Waals surface area contributed by atoms with Gasteiger partial charge in [-0.25, -0.2) is 0 Å². The number of fused-ring (bicyclic) bond motifs is 1. The highest BCUT2D eigenvalue weighted by Crippen LogP contribution is 2.49. The number of nitrogens with zero attached hydrogens (tertiary/aromatic N) is 2. The molecule has 1 heterocycles. The minimum absolute atomic E-state index is 0.0240. The Hall–Kier alpha value is -1.08. The second-order valence-electron chi connectivity index (χ2n) is 6.53. The van der Waals surface area contributed by atoms with Gasteiger partial charge in [-0.2, -0.15) is 5.26 Å². The topological polar surface area (TPSA) is 70.1 Å². The standard InChI is InChI=1S/C14H21N3O/c1-14(4-2-3-5-14)12(16)13(18)17-10(8-15)6-9-7-11(9)17/h9-12H,2-7,16H2,1H3/t9-,10+,11+,12-/m1/s1. The SMILES string of the molecule is CC1([C@H](N)C(=O)N2[C@H](C#N)C[C@@H]3C[C@@H]32)CCCC1. The van der Waals surface area contributed by atoms with Gasteiger partial charge in [0, 0.05) is 6.04 Å². The van der Waals surface area contributed by atoms with Crippen molar-refractivity contribution in [2.45, 2.75) is 63.6 Å². The molecule has 0 bridgehead atoms. The molecule has 2 N–H and O–H groups in total.